The van der Waals surface area contributed by atoms with E-state index in [0.717, 1.165) is 56.3 Å². The molecule has 0 aromatic heterocycles. The Morgan fingerprint density at radius 2 is 1.93 bits per heavy atom. The average molecular weight is 416 g/mol. The second kappa shape index (κ2) is 14.7. The van der Waals surface area contributed by atoms with Crippen molar-refractivity contribution in [1.29, 1.82) is 0 Å². The molecular formula is C24H37N3O3. The minimum atomic E-state index is 0.0635. The molecule has 1 aromatic carbocycles. The number of carbonyl (C=O) groups is 2. The molecule has 0 atom stereocenters. The number of anilines is 1. The lowest BCUT2D eigenvalue weighted by Crippen LogP contribution is -2.40. The normalized spacial score (nSPS) is 16.5. The first kappa shape index (κ1) is 25.8. The molecule has 1 aromatic rings. The summed E-state index contributed by atoms with van der Waals surface area (Å²) in [7, 11) is 0. The molecule has 0 bridgehead atoms. The van der Waals surface area contributed by atoms with Gasteiger partial charge in [-0.25, -0.2) is 0 Å². The predicted octanol–water partition coefficient (Wildman–Crippen LogP) is 2.99. The lowest BCUT2D eigenvalue weighted by molar-refractivity contribution is -0.114. The summed E-state index contributed by atoms with van der Waals surface area (Å²) < 4.78 is 0. The number of ketones is 1. The molecule has 1 saturated heterocycles. The first-order valence-corrected chi connectivity index (χ1v) is 10.6. The molecule has 0 radical (unpaired) electrons. The van der Waals surface area contributed by atoms with E-state index in [1.807, 2.05) is 19.1 Å². The largest absolute Gasteiger partial charge is 0.392 e. The summed E-state index contributed by atoms with van der Waals surface area (Å²) in [5.41, 5.74) is 9.33. The van der Waals surface area contributed by atoms with E-state index in [1.165, 1.54) is 11.1 Å². The molecule has 1 heterocycles. The number of nitrogens with zero attached hydrogens (tertiary/aromatic N) is 1. The van der Waals surface area contributed by atoms with E-state index in [0.29, 0.717) is 19.1 Å². The van der Waals surface area contributed by atoms with E-state index in [9.17, 15) is 14.7 Å². The van der Waals surface area contributed by atoms with E-state index in [4.69, 9.17) is 5.73 Å². The van der Waals surface area contributed by atoms with Crippen LogP contribution >= 0.6 is 0 Å². The maximum absolute atomic E-state index is 10.5. The number of nitrogens with two attached hydrogens (primary N) is 1. The van der Waals surface area contributed by atoms with Crippen LogP contribution in [0.2, 0.25) is 0 Å². The second-order valence-corrected chi connectivity index (χ2v) is 7.63. The highest BCUT2D eigenvalue weighted by Crippen LogP contribution is 2.24. The van der Waals surface area contributed by atoms with Crippen LogP contribution in [0, 0.1) is 6.92 Å². The van der Waals surface area contributed by atoms with Crippen LogP contribution < -0.4 is 11.1 Å². The molecular weight excluding hydrogens is 378 g/mol. The zero-order chi connectivity index (χ0) is 22.4. The van der Waals surface area contributed by atoms with Crippen LogP contribution in [0.15, 0.2) is 42.5 Å². The molecule has 1 aliphatic carbocycles. The van der Waals surface area contributed by atoms with Crippen molar-refractivity contribution in [3.8, 4) is 0 Å². The molecule has 0 saturated carbocycles. The Morgan fingerprint density at radius 3 is 2.37 bits per heavy atom. The van der Waals surface area contributed by atoms with Crippen molar-refractivity contribution < 1.29 is 14.7 Å². The maximum atomic E-state index is 10.5. The summed E-state index contributed by atoms with van der Waals surface area (Å²) in [6.45, 7) is 10.5. The van der Waals surface area contributed by atoms with Gasteiger partial charge in [-0.1, -0.05) is 29.8 Å². The van der Waals surface area contributed by atoms with Crippen molar-refractivity contribution in [1.82, 2.24) is 4.90 Å². The first-order valence-electron chi connectivity index (χ1n) is 10.6. The number of nitrogens with one attached hydrogen (secondary N) is 1. The Balaban J connectivity index is 0.000000336. The number of hydrogen-bond acceptors (Lipinski definition) is 6. The van der Waals surface area contributed by atoms with Gasteiger partial charge in [0.2, 0.25) is 0 Å². The number of aliphatic hydroxyl groups excluding tert-OH is 1. The fraction of sp³-hybridized carbons (Fsp3) is 0.500. The molecule has 6 nitrogen and oxygen atoms in total. The van der Waals surface area contributed by atoms with E-state index >= 15 is 0 Å². The minimum absolute atomic E-state index is 0.0635. The van der Waals surface area contributed by atoms with Gasteiger partial charge in [0.1, 0.15) is 6.29 Å². The molecule has 3 rings (SSSR count). The van der Waals surface area contributed by atoms with Crippen LogP contribution in [-0.2, 0) is 16.2 Å². The number of piperidine rings is 1. The number of hydrogen-bond donors (Lipinski definition) is 3. The van der Waals surface area contributed by atoms with Crippen LogP contribution in [0.25, 0.3) is 0 Å². The fourth-order valence-corrected chi connectivity index (χ4v) is 3.38. The number of aliphatic hydroxyl groups is 1. The molecule has 0 amide bonds. The highest BCUT2D eigenvalue weighted by Gasteiger charge is 2.19. The quantitative estimate of drug-likeness (QED) is 0.488. The minimum Gasteiger partial charge on any atom is -0.392 e. The lowest BCUT2D eigenvalue weighted by atomic mass is 10.0. The summed E-state index contributed by atoms with van der Waals surface area (Å²) in [5, 5.41) is 13.0. The van der Waals surface area contributed by atoms with E-state index in [-0.39, 0.29) is 12.4 Å². The zero-order valence-corrected chi connectivity index (χ0v) is 18.4. The second-order valence-electron chi connectivity index (χ2n) is 7.63. The summed E-state index contributed by atoms with van der Waals surface area (Å²) in [4.78, 5) is 23.0. The van der Waals surface area contributed by atoms with Crippen LogP contribution in [0.5, 0.6) is 0 Å². The zero-order valence-electron chi connectivity index (χ0n) is 18.4. The van der Waals surface area contributed by atoms with Crippen LogP contribution in [0.4, 0.5) is 5.69 Å². The SMILES string of the molecule is C=CCN.CC1=CC(=O)CC1.Cc1cccc(CO)c1NC1CCN(CC=O)CC1. The average Bonchev–Trinajstić information content (AvgIpc) is 3.14. The van der Waals surface area contributed by atoms with E-state index in [1.54, 1.807) is 12.2 Å². The van der Waals surface area contributed by atoms with Gasteiger partial charge in [0.05, 0.1) is 13.2 Å². The Morgan fingerprint density at radius 1 is 1.27 bits per heavy atom. The number of allylic oxidation sites excluding steroid dienone is 2. The number of benzene rings is 1. The van der Waals surface area contributed by atoms with Crippen molar-refractivity contribution in [2.75, 3.05) is 31.5 Å². The van der Waals surface area contributed by atoms with E-state index < -0.39 is 0 Å². The number of likely N-dealkylation sites (tertiary alicyclic amines) is 1. The predicted molar refractivity (Wildman–Crippen MR) is 123 cm³/mol. The van der Waals surface area contributed by atoms with Gasteiger partial charge in [-0.3, -0.25) is 9.69 Å². The Bertz CT molecular complexity index is 708. The maximum Gasteiger partial charge on any atom is 0.155 e. The smallest absolute Gasteiger partial charge is 0.155 e. The van der Waals surface area contributed by atoms with Crippen molar-refractivity contribution in [3.63, 3.8) is 0 Å². The van der Waals surface area contributed by atoms with Crippen LogP contribution in [0.1, 0.15) is 43.7 Å². The Hall–Kier alpha value is -2.28. The van der Waals surface area contributed by atoms with Gasteiger partial charge in [-0.05, 0) is 44.7 Å². The number of rotatable bonds is 6. The summed E-state index contributed by atoms with van der Waals surface area (Å²) in [5.74, 6) is 0.289. The van der Waals surface area contributed by atoms with Crippen LogP contribution in [-0.4, -0.2) is 54.3 Å². The molecule has 30 heavy (non-hydrogen) atoms. The molecule has 2 aliphatic rings. The molecule has 0 unspecified atom stereocenters. The molecule has 6 heteroatoms. The highest BCUT2D eigenvalue weighted by molar-refractivity contribution is 5.92. The number of aldehydes is 1. The number of carbonyl (C=O) groups excluding carboxylic acids is 2. The number of para-hydroxylation sites is 1. The molecule has 1 fully saturated rings. The standard InChI is InChI=1S/C15H22N2O2.C6H8O.C3H7N/c1-12-3-2-4-13(11-19)15(12)16-14-5-7-17(8-6-14)9-10-18;1-5-2-3-6(7)4-5;1-2-3-4/h2-4,10,14,16,19H,5-9,11H2,1H3;4H,2-3H2,1H3;2H,1,3-4H2. The molecule has 0 spiro atoms. The molecule has 166 valence electrons. The monoisotopic (exact) mass is 415 g/mol. The third kappa shape index (κ3) is 9.48. The highest BCUT2D eigenvalue weighted by atomic mass is 16.3. The lowest BCUT2D eigenvalue weighted by Gasteiger charge is -2.32. The van der Waals surface area contributed by atoms with Gasteiger partial charge < -0.3 is 21.0 Å². The van der Waals surface area contributed by atoms with Crippen LogP contribution in [0.3, 0.4) is 0 Å². The van der Waals surface area contributed by atoms with Gasteiger partial charge in [0.25, 0.3) is 0 Å². The molecule has 4 N–H and O–H groups in total. The van der Waals surface area contributed by atoms with E-state index in [2.05, 4.69) is 29.8 Å². The first-order chi connectivity index (χ1) is 14.4. The van der Waals surface area contributed by atoms with Gasteiger partial charge in [0.15, 0.2) is 5.78 Å². The Labute approximate surface area is 180 Å². The topological polar surface area (TPSA) is 95.7 Å². The van der Waals surface area contributed by atoms with Crippen molar-refractivity contribution in [3.05, 3.63) is 53.6 Å². The fourth-order valence-electron chi connectivity index (χ4n) is 3.38. The summed E-state index contributed by atoms with van der Waals surface area (Å²) in [6.07, 6.45) is 8.14. The van der Waals surface area contributed by atoms with Gasteiger partial charge in [-0.2, -0.15) is 0 Å². The molecule has 1 aliphatic heterocycles. The van der Waals surface area contributed by atoms with Crippen molar-refractivity contribution in [2.45, 2.75) is 52.2 Å². The van der Waals surface area contributed by atoms with Crippen molar-refractivity contribution >= 4 is 17.8 Å². The van der Waals surface area contributed by atoms with Gasteiger partial charge in [-0.15, -0.1) is 6.58 Å². The number of aryl methyl sites for hydroxylation is 1. The third-order valence-corrected chi connectivity index (χ3v) is 5.14. The summed E-state index contributed by atoms with van der Waals surface area (Å²) in [6, 6.07) is 6.41. The summed E-state index contributed by atoms with van der Waals surface area (Å²) >= 11 is 0. The van der Waals surface area contributed by atoms with Crippen molar-refractivity contribution in [2.24, 2.45) is 5.73 Å². The third-order valence-electron chi connectivity index (χ3n) is 5.14. The van der Waals surface area contributed by atoms with Gasteiger partial charge in [0, 0.05) is 43.3 Å². The Kier molecular flexibility index (Phi) is 12.6. The van der Waals surface area contributed by atoms with Gasteiger partial charge >= 0.3 is 0 Å².